The standard InChI is InChI=1S/C30H37N11O4S/c1-4-44-19-24(42)45-15-9-12-32-27-25(28(33-20(2)18-43-3)36-29(35-27)40-13-7-8-14-40)37-38-26-21(16-31)17-41(39-26)30-34-22-10-5-6-11-23(22)46-30/h5-6,10-11,17,20H,4,7-9,12-15,18-19H2,1-3H3,(H2,32,33,35,36)/b38-37-. The van der Waals surface area contributed by atoms with E-state index in [0.29, 0.717) is 54.6 Å². The molecule has 0 saturated carbocycles. The number of hydrogen-bond donors (Lipinski definition) is 2. The molecule has 1 fully saturated rings. The number of ether oxygens (including phenoxy) is 3. The quantitative estimate of drug-likeness (QED) is 0.0948. The van der Waals surface area contributed by atoms with Gasteiger partial charge in [0, 0.05) is 39.4 Å². The number of fused-ring (bicyclic) bond motifs is 1. The Morgan fingerprint density at radius 1 is 1.17 bits per heavy atom. The number of anilines is 3. The van der Waals surface area contributed by atoms with Crippen LogP contribution in [0.1, 0.15) is 38.7 Å². The second-order valence-corrected chi connectivity index (χ2v) is 11.5. The van der Waals surface area contributed by atoms with Gasteiger partial charge in [0.05, 0.1) is 29.6 Å². The molecule has 1 saturated heterocycles. The molecule has 1 atom stereocenters. The number of esters is 1. The van der Waals surface area contributed by atoms with Gasteiger partial charge < -0.3 is 29.7 Å². The second kappa shape index (κ2) is 16.0. The van der Waals surface area contributed by atoms with Crippen LogP contribution in [-0.2, 0) is 19.0 Å². The van der Waals surface area contributed by atoms with Crippen LogP contribution < -0.4 is 15.5 Å². The van der Waals surface area contributed by atoms with Crippen LogP contribution in [0.5, 0.6) is 0 Å². The Bertz CT molecular complexity index is 1660. The lowest BCUT2D eigenvalue weighted by Gasteiger charge is -2.21. The number of rotatable bonds is 16. The first-order valence-corrected chi connectivity index (χ1v) is 16.0. The molecule has 1 aromatic carbocycles. The highest BCUT2D eigenvalue weighted by Crippen LogP contribution is 2.36. The number of thiazole rings is 1. The van der Waals surface area contributed by atoms with Crippen molar-refractivity contribution in [2.75, 3.05) is 68.7 Å². The normalized spacial score (nSPS) is 13.7. The molecule has 3 aromatic heterocycles. The number of nitriles is 1. The fourth-order valence-electron chi connectivity index (χ4n) is 4.71. The van der Waals surface area contributed by atoms with E-state index in [2.05, 4.69) is 41.9 Å². The summed E-state index contributed by atoms with van der Waals surface area (Å²) in [5, 5.41) is 30.7. The number of para-hydroxylation sites is 1. The van der Waals surface area contributed by atoms with E-state index in [1.165, 1.54) is 16.0 Å². The number of nitrogens with zero attached hydrogens (tertiary/aromatic N) is 9. The third kappa shape index (κ3) is 8.30. The van der Waals surface area contributed by atoms with Gasteiger partial charge in [-0.3, -0.25) is 0 Å². The average molecular weight is 648 g/mol. The van der Waals surface area contributed by atoms with Gasteiger partial charge in [-0.25, -0.2) is 14.5 Å². The highest BCUT2D eigenvalue weighted by molar-refractivity contribution is 7.20. The molecule has 0 radical (unpaired) electrons. The zero-order chi connectivity index (χ0) is 32.3. The number of benzene rings is 1. The van der Waals surface area contributed by atoms with Gasteiger partial charge in [-0.05, 0) is 45.2 Å². The molecule has 0 amide bonds. The summed E-state index contributed by atoms with van der Waals surface area (Å²) in [7, 11) is 1.63. The summed E-state index contributed by atoms with van der Waals surface area (Å²) in [6.07, 6.45) is 4.21. The van der Waals surface area contributed by atoms with Crippen molar-refractivity contribution in [2.24, 2.45) is 10.2 Å². The Morgan fingerprint density at radius 3 is 2.74 bits per heavy atom. The fourth-order valence-corrected chi connectivity index (χ4v) is 5.60. The van der Waals surface area contributed by atoms with Crippen molar-refractivity contribution in [3.05, 3.63) is 36.0 Å². The summed E-state index contributed by atoms with van der Waals surface area (Å²) in [5.41, 5.74) is 1.43. The topological polar surface area (TPSA) is 177 Å². The maximum atomic E-state index is 11.8. The molecule has 0 bridgehead atoms. The predicted octanol–water partition coefficient (Wildman–Crippen LogP) is 4.99. The van der Waals surface area contributed by atoms with Gasteiger partial charge in [-0.15, -0.1) is 15.3 Å². The first-order chi connectivity index (χ1) is 22.5. The minimum absolute atomic E-state index is 0.0757. The number of nitrogens with one attached hydrogen (secondary N) is 2. The molecule has 2 N–H and O–H groups in total. The highest BCUT2D eigenvalue weighted by atomic mass is 32.1. The molecule has 1 aliphatic heterocycles. The van der Waals surface area contributed by atoms with E-state index in [1.807, 2.05) is 38.1 Å². The van der Waals surface area contributed by atoms with Crippen LogP contribution in [0.15, 0.2) is 40.7 Å². The van der Waals surface area contributed by atoms with Crippen LogP contribution in [-0.4, -0.2) is 89.9 Å². The lowest BCUT2D eigenvalue weighted by Crippen LogP contribution is -2.25. The first-order valence-electron chi connectivity index (χ1n) is 15.2. The van der Waals surface area contributed by atoms with Crippen LogP contribution in [0.3, 0.4) is 0 Å². The van der Waals surface area contributed by atoms with Gasteiger partial charge in [0.2, 0.25) is 16.9 Å². The molecule has 46 heavy (non-hydrogen) atoms. The number of hydrogen-bond acceptors (Lipinski definition) is 15. The van der Waals surface area contributed by atoms with Gasteiger partial charge in [0.25, 0.3) is 0 Å². The Kier molecular flexibility index (Phi) is 11.4. The molecule has 0 aliphatic carbocycles. The summed E-state index contributed by atoms with van der Waals surface area (Å²) < 4.78 is 18.2. The lowest BCUT2D eigenvalue weighted by atomic mass is 10.3. The largest absolute Gasteiger partial charge is 0.464 e. The van der Waals surface area contributed by atoms with Gasteiger partial charge in [-0.2, -0.15) is 15.2 Å². The van der Waals surface area contributed by atoms with Crippen molar-refractivity contribution in [1.82, 2.24) is 24.7 Å². The smallest absolute Gasteiger partial charge is 0.332 e. The molecule has 16 heteroatoms. The number of azo groups is 1. The molecule has 0 spiro atoms. The Balaban J connectivity index is 1.45. The maximum Gasteiger partial charge on any atom is 0.332 e. The molecule has 1 aliphatic rings. The monoisotopic (exact) mass is 647 g/mol. The van der Waals surface area contributed by atoms with Crippen molar-refractivity contribution in [3.63, 3.8) is 0 Å². The van der Waals surface area contributed by atoms with Crippen LogP contribution >= 0.6 is 11.3 Å². The number of methoxy groups -OCH3 is 1. The van der Waals surface area contributed by atoms with E-state index in [1.54, 1.807) is 13.3 Å². The molecule has 4 aromatic rings. The number of aromatic nitrogens is 5. The zero-order valence-electron chi connectivity index (χ0n) is 26.1. The van der Waals surface area contributed by atoms with E-state index < -0.39 is 5.97 Å². The maximum absolute atomic E-state index is 11.8. The molecule has 242 valence electrons. The lowest BCUT2D eigenvalue weighted by molar-refractivity contribution is -0.148. The van der Waals surface area contributed by atoms with Crippen LogP contribution in [0.25, 0.3) is 15.3 Å². The van der Waals surface area contributed by atoms with Crippen molar-refractivity contribution in [2.45, 2.75) is 39.2 Å². The molecule has 5 rings (SSSR count). The SMILES string of the molecule is CCOCC(=O)OCCCNc1nc(N2CCCC2)nc(NC(C)COC)c1/N=N\c1nn(-c2nc3ccccc3s2)cc1C#N. The average Bonchev–Trinajstić information content (AvgIpc) is 3.83. The third-order valence-electron chi connectivity index (χ3n) is 6.90. The highest BCUT2D eigenvalue weighted by Gasteiger charge is 2.22. The molecule has 4 heterocycles. The van der Waals surface area contributed by atoms with E-state index in [4.69, 9.17) is 24.2 Å². The van der Waals surface area contributed by atoms with Crippen molar-refractivity contribution in [1.29, 1.82) is 5.26 Å². The van der Waals surface area contributed by atoms with Crippen LogP contribution in [0, 0.1) is 11.3 Å². The van der Waals surface area contributed by atoms with Gasteiger partial charge in [-0.1, -0.05) is 23.5 Å². The number of carbonyl (C=O) groups is 1. The minimum atomic E-state index is -0.410. The summed E-state index contributed by atoms with van der Waals surface area (Å²) in [6.45, 7) is 6.93. The van der Waals surface area contributed by atoms with E-state index in [-0.39, 0.29) is 30.6 Å². The van der Waals surface area contributed by atoms with E-state index >= 15 is 0 Å². The Hall–Kier alpha value is -4.72. The van der Waals surface area contributed by atoms with E-state index in [0.717, 1.165) is 36.1 Å². The summed E-state index contributed by atoms with van der Waals surface area (Å²) in [6, 6.07) is 9.83. The van der Waals surface area contributed by atoms with Crippen LogP contribution in [0.2, 0.25) is 0 Å². The molecular weight excluding hydrogens is 610 g/mol. The number of carbonyl (C=O) groups excluding carboxylic acids is 1. The van der Waals surface area contributed by atoms with Gasteiger partial charge in [0.15, 0.2) is 17.3 Å². The molecule has 1 unspecified atom stereocenters. The van der Waals surface area contributed by atoms with Crippen molar-refractivity contribution in [3.8, 4) is 11.2 Å². The summed E-state index contributed by atoms with van der Waals surface area (Å²) in [5.74, 6) is 1.19. The van der Waals surface area contributed by atoms with Crippen molar-refractivity contribution >= 4 is 56.6 Å². The third-order valence-corrected chi connectivity index (χ3v) is 7.93. The molecule has 15 nitrogen and oxygen atoms in total. The van der Waals surface area contributed by atoms with E-state index in [9.17, 15) is 10.1 Å². The van der Waals surface area contributed by atoms with Crippen molar-refractivity contribution < 1.29 is 19.0 Å². The Labute approximate surface area is 270 Å². The predicted molar refractivity (Wildman–Crippen MR) is 175 cm³/mol. The minimum Gasteiger partial charge on any atom is -0.464 e. The van der Waals surface area contributed by atoms with Gasteiger partial charge >= 0.3 is 5.97 Å². The van der Waals surface area contributed by atoms with Crippen LogP contribution in [0.4, 0.5) is 29.1 Å². The van der Waals surface area contributed by atoms with Gasteiger partial charge in [0.1, 0.15) is 18.2 Å². The fraction of sp³-hybridized carbons (Fsp3) is 0.467. The summed E-state index contributed by atoms with van der Waals surface area (Å²) >= 11 is 1.46. The molecular formula is C30H37N11O4S. The zero-order valence-corrected chi connectivity index (χ0v) is 26.9. The Morgan fingerprint density at radius 2 is 1.98 bits per heavy atom. The second-order valence-electron chi connectivity index (χ2n) is 10.5. The summed E-state index contributed by atoms with van der Waals surface area (Å²) in [4.78, 5) is 28.2. The first kappa shape index (κ1) is 32.7.